The van der Waals surface area contributed by atoms with Crippen molar-refractivity contribution in [1.29, 1.82) is 0 Å². The van der Waals surface area contributed by atoms with Crippen molar-refractivity contribution in [2.24, 2.45) is 0 Å². The molecule has 0 radical (unpaired) electrons. The number of ether oxygens (including phenoxy) is 2. The molecule has 2 aromatic carbocycles. The lowest BCUT2D eigenvalue weighted by Gasteiger charge is -2.08. The minimum atomic E-state index is -1.11. The van der Waals surface area contributed by atoms with Gasteiger partial charge in [-0.05, 0) is 49.6 Å². The summed E-state index contributed by atoms with van der Waals surface area (Å²) in [6.45, 7) is 0.672. The SMILES string of the molecule is CN(C)Cc1onc(OCc2ccccc2)c1C(=O)CO.CN(C)Cc1onc(OCc2ccccc2)c1C(=O)O. The van der Waals surface area contributed by atoms with E-state index in [1.54, 1.807) is 4.90 Å². The highest BCUT2D eigenvalue weighted by Crippen LogP contribution is 2.25. The van der Waals surface area contributed by atoms with Crippen molar-refractivity contribution in [1.82, 2.24) is 20.1 Å². The summed E-state index contributed by atoms with van der Waals surface area (Å²) in [5, 5.41) is 25.8. The van der Waals surface area contributed by atoms with Crippen LogP contribution in [0.4, 0.5) is 0 Å². The minimum Gasteiger partial charge on any atom is -0.477 e. The fraction of sp³-hybridized carbons (Fsp3) is 0.310. The standard InChI is InChI=1S/C15H18N2O4.C14H16N2O4/c1-17(2)8-13-14(12(19)9-18)15(16-21-13)20-10-11-6-4-3-5-7-11;1-16(2)8-11-12(14(17)18)13(15-20-11)19-9-10-6-4-3-5-7-10/h3-7,18H,8-10H2,1-2H3;3-7H,8-9H2,1-2H3,(H,17,18). The Morgan fingerprint density at radius 2 is 1.15 bits per heavy atom. The van der Waals surface area contributed by atoms with E-state index in [-0.39, 0.29) is 41.9 Å². The summed E-state index contributed by atoms with van der Waals surface area (Å²) in [7, 11) is 7.33. The van der Waals surface area contributed by atoms with Crippen LogP contribution in [0.25, 0.3) is 0 Å². The van der Waals surface area contributed by atoms with E-state index in [9.17, 15) is 14.7 Å². The monoisotopic (exact) mass is 566 g/mol. The highest BCUT2D eigenvalue weighted by atomic mass is 16.5. The first-order valence-electron chi connectivity index (χ1n) is 12.7. The molecule has 4 rings (SSSR count). The number of Topliss-reactive ketones (excluding diaryl/α,β-unsaturated/α-hetero) is 1. The molecule has 41 heavy (non-hydrogen) atoms. The first kappa shape index (κ1) is 31.0. The first-order valence-corrected chi connectivity index (χ1v) is 12.7. The van der Waals surface area contributed by atoms with Gasteiger partial charge in [-0.3, -0.25) is 4.79 Å². The Bertz CT molecular complexity index is 1380. The van der Waals surface area contributed by atoms with E-state index < -0.39 is 18.4 Å². The maximum Gasteiger partial charge on any atom is 0.345 e. The Hall–Kier alpha value is -4.52. The summed E-state index contributed by atoms with van der Waals surface area (Å²) in [6.07, 6.45) is 0. The molecule has 0 aliphatic carbocycles. The number of aromatic carboxylic acids is 1. The Labute approximate surface area is 237 Å². The van der Waals surface area contributed by atoms with Gasteiger partial charge in [-0.1, -0.05) is 60.7 Å². The molecule has 0 amide bonds. The first-order chi connectivity index (χ1) is 19.7. The summed E-state index contributed by atoms with van der Waals surface area (Å²) in [4.78, 5) is 26.8. The largest absolute Gasteiger partial charge is 0.477 e. The van der Waals surface area contributed by atoms with Gasteiger partial charge >= 0.3 is 5.97 Å². The van der Waals surface area contributed by atoms with Crippen LogP contribution in [0.2, 0.25) is 0 Å². The molecule has 2 aromatic heterocycles. The van der Waals surface area contributed by atoms with E-state index in [2.05, 4.69) is 10.3 Å². The van der Waals surface area contributed by atoms with Crippen LogP contribution in [0.5, 0.6) is 11.8 Å². The number of aliphatic hydroxyl groups excluding tert-OH is 1. The number of carbonyl (C=O) groups is 2. The third kappa shape index (κ3) is 9.28. The van der Waals surface area contributed by atoms with Crippen LogP contribution in [-0.4, -0.2) is 76.9 Å². The molecule has 0 bridgehead atoms. The molecule has 2 N–H and O–H groups in total. The molecule has 0 aliphatic heterocycles. The zero-order chi connectivity index (χ0) is 29.8. The molecule has 0 saturated carbocycles. The van der Waals surface area contributed by atoms with E-state index in [0.717, 1.165) is 11.1 Å². The van der Waals surface area contributed by atoms with Gasteiger partial charge in [-0.25, -0.2) is 4.79 Å². The van der Waals surface area contributed by atoms with Gasteiger partial charge in [0.15, 0.2) is 22.9 Å². The molecule has 218 valence electrons. The minimum absolute atomic E-state index is 0.0122. The molecule has 0 spiro atoms. The summed E-state index contributed by atoms with van der Waals surface area (Å²) in [5.74, 6) is -0.761. The number of carbonyl (C=O) groups excluding carboxylic acids is 1. The van der Waals surface area contributed by atoms with Gasteiger partial charge in [0.25, 0.3) is 11.8 Å². The summed E-state index contributed by atoms with van der Waals surface area (Å²) < 4.78 is 21.2. The molecule has 12 heteroatoms. The third-order valence-corrected chi connectivity index (χ3v) is 5.46. The van der Waals surface area contributed by atoms with Crippen LogP contribution in [0, 0.1) is 0 Å². The maximum atomic E-state index is 11.9. The van der Waals surface area contributed by atoms with Crippen molar-refractivity contribution >= 4 is 11.8 Å². The van der Waals surface area contributed by atoms with E-state index >= 15 is 0 Å². The van der Waals surface area contributed by atoms with Crippen LogP contribution in [0.15, 0.2) is 69.7 Å². The van der Waals surface area contributed by atoms with Gasteiger partial charge in [0, 0.05) is 0 Å². The van der Waals surface area contributed by atoms with Crippen molar-refractivity contribution in [2.75, 3.05) is 34.8 Å². The molecular weight excluding hydrogens is 532 g/mol. The number of aromatic nitrogens is 2. The van der Waals surface area contributed by atoms with Crippen LogP contribution >= 0.6 is 0 Å². The number of hydrogen-bond acceptors (Lipinski definition) is 11. The lowest BCUT2D eigenvalue weighted by atomic mass is 10.1. The van der Waals surface area contributed by atoms with E-state index in [1.807, 2.05) is 93.8 Å². The van der Waals surface area contributed by atoms with Gasteiger partial charge in [-0.2, -0.15) is 0 Å². The van der Waals surface area contributed by atoms with E-state index in [1.165, 1.54) is 0 Å². The second-order valence-corrected chi connectivity index (χ2v) is 9.48. The number of aliphatic hydroxyl groups is 1. The van der Waals surface area contributed by atoms with Crippen molar-refractivity contribution in [3.8, 4) is 11.8 Å². The molecule has 0 saturated heterocycles. The predicted octanol–water partition coefficient (Wildman–Crippen LogP) is 3.50. The highest BCUT2D eigenvalue weighted by molar-refractivity contribution is 5.99. The lowest BCUT2D eigenvalue weighted by Crippen LogP contribution is -2.15. The summed E-state index contributed by atoms with van der Waals surface area (Å²) in [5.41, 5.74) is 2.08. The number of carboxylic acids is 1. The number of carboxylic acid groups (broad SMARTS) is 1. The quantitative estimate of drug-likeness (QED) is 0.228. The Morgan fingerprint density at radius 1 is 0.732 bits per heavy atom. The number of ketones is 1. The van der Waals surface area contributed by atoms with Gasteiger partial charge < -0.3 is 38.5 Å². The van der Waals surface area contributed by atoms with Crippen LogP contribution in [0.1, 0.15) is 43.4 Å². The maximum absolute atomic E-state index is 11.9. The van der Waals surface area contributed by atoms with Crippen LogP contribution < -0.4 is 9.47 Å². The predicted molar refractivity (Wildman–Crippen MR) is 148 cm³/mol. The topological polar surface area (TPSA) is 152 Å². The van der Waals surface area contributed by atoms with Crippen molar-refractivity contribution in [3.63, 3.8) is 0 Å². The zero-order valence-corrected chi connectivity index (χ0v) is 23.4. The fourth-order valence-corrected chi connectivity index (χ4v) is 3.62. The number of nitrogens with zero attached hydrogens (tertiary/aromatic N) is 4. The van der Waals surface area contributed by atoms with Crippen molar-refractivity contribution in [2.45, 2.75) is 26.3 Å². The summed E-state index contributed by atoms with van der Waals surface area (Å²) >= 11 is 0. The van der Waals surface area contributed by atoms with Gasteiger partial charge in [0.1, 0.15) is 25.4 Å². The molecule has 0 unspecified atom stereocenters. The van der Waals surface area contributed by atoms with Gasteiger partial charge in [0.05, 0.1) is 13.1 Å². The molecular formula is C29H34N4O8. The smallest absolute Gasteiger partial charge is 0.345 e. The summed E-state index contributed by atoms with van der Waals surface area (Å²) in [6, 6.07) is 19.0. The average molecular weight is 567 g/mol. The molecule has 0 aliphatic rings. The zero-order valence-electron chi connectivity index (χ0n) is 23.4. The normalized spacial score (nSPS) is 10.8. The average Bonchev–Trinajstić information content (AvgIpc) is 3.54. The van der Waals surface area contributed by atoms with Gasteiger partial charge in [-0.15, -0.1) is 0 Å². The number of benzene rings is 2. The molecule has 2 heterocycles. The van der Waals surface area contributed by atoms with Crippen molar-refractivity contribution < 1.29 is 38.3 Å². The van der Waals surface area contributed by atoms with Crippen LogP contribution in [0.3, 0.4) is 0 Å². The van der Waals surface area contributed by atoms with E-state index in [0.29, 0.717) is 18.8 Å². The second-order valence-electron chi connectivity index (χ2n) is 9.48. The van der Waals surface area contributed by atoms with Crippen LogP contribution in [-0.2, 0) is 26.3 Å². The number of hydrogen-bond donors (Lipinski definition) is 2. The fourth-order valence-electron chi connectivity index (χ4n) is 3.62. The Kier molecular flexibility index (Phi) is 11.6. The van der Waals surface area contributed by atoms with Crippen molar-refractivity contribution in [3.05, 3.63) is 94.4 Å². The van der Waals surface area contributed by atoms with E-state index in [4.69, 9.17) is 23.6 Å². The molecule has 4 aromatic rings. The lowest BCUT2D eigenvalue weighted by molar-refractivity contribution is 0.0688. The third-order valence-electron chi connectivity index (χ3n) is 5.46. The Balaban J connectivity index is 0.000000226. The Morgan fingerprint density at radius 3 is 1.54 bits per heavy atom. The second kappa shape index (κ2) is 15.3. The highest BCUT2D eigenvalue weighted by Gasteiger charge is 2.25. The van der Waals surface area contributed by atoms with Gasteiger partial charge in [0.2, 0.25) is 0 Å². The molecule has 0 fully saturated rings. The number of rotatable bonds is 13. The molecule has 0 atom stereocenters. The molecule has 12 nitrogen and oxygen atoms in total.